The van der Waals surface area contributed by atoms with Crippen molar-refractivity contribution < 1.29 is 49.7 Å². The van der Waals surface area contributed by atoms with E-state index in [4.69, 9.17) is 9.47 Å². The number of nitrogens with zero attached hydrogens (tertiary/aromatic N) is 4. The fraction of sp³-hybridized carbons (Fsp3) is 0.278. The van der Waals surface area contributed by atoms with Crippen LogP contribution in [0.2, 0.25) is 0 Å². The fourth-order valence-corrected chi connectivity index (χ4v) is 5.95. The Morgan fingerprint density at radius 1 is 0.538 bits per heavy atom. The highest BCUT2D eigenvalue weighted by molar-refractivity contribution is 6.10. The predicted molar refractivity (Wildman–Crippen MR) is 190 cm³/mol. The predicted octanol–water partition coefficient (Wildman–Crippen LogP) is 4.35. The molecule has 0 unspecified atom stereocenters. The monoisotopic (exact) mass is 712 g/mol. The second kappa shape index (κ2) is 13.5. The minimum Gasteiger partial charge on any atom is -0.507 e. The molecule has 0 atom stereocenters. The van der Waals surface area contributed by atoms with E-state index in [1.54, 1.807) is 0 Å². The summed E-state index contributed by atoms with van der Waals surface area (Å²) in [5.41, 5.74) is -2.04. The molecule has 0 aliphatic rings. The van der Waals surface area contributed by atoms with Crippen LogP contribution in [-0.2, 0) is 22.6 Å². The first kappa shape index (κ1) is 35.6. The minimum atomic E-state index is -0.797. The molecule has 270 valence electrons. The number of fused-ring (bicyclic) bond motifs is 4. The molecule has 16 heteroatoms. The lowest BCUT2D eigenvalue weighted by molar-refractivity contribution is 0.0593. The van der Waals surface area contributed by atoms with E-state index in [2.05, 4.69) is 30.6 Å². The second-order valence-electron chi connectivity index (χ2n) is 12.7. The maximum absolute atomic E-state index is 12.7. The molecule has 6 rings (SSSR count). The van der Waals surface area contributed by atoms with Crippen LogP contribution in [0.4, 0.5) is 0 Å². The van der Waals surface area contributed by atoms with Gasteiger partial charge in [0.1, 0.15) is 67.1 Å². The Morgan fingerprint density at radius 2 is 0.885 bits per heavy atom. The van der Waals surface area contributed by atoms with Crippen LogP contribution in [0.25, 0.3) is 55.3 Å². The molecule has 0 aliphatic carbocycles. The quantitative estimate of drug-likeness (QED) is 0.0766. The Labute approximate surface area is 295 Å². The number of esters is 2. The van der Waals surface area contributed by atoms with E-state index in [0.29, 0.717) is 0 Å². The van der Waals surface area contributed by atoms with Crippen molar-refractivity contribution in [3.8, 4) is 45.6 Å². The van der Waals surface area contributed by atoms with Crippen molar-refractivity contribution in [2.75, 3.05) is 14.2 Å². The molecule has 0 bridgehead atoms. The molecule has 52 heavy (non-hydrogen) atoms. The first-order valence-electron chi connectivity index (χ1n) is 16.1. The largest absolute Gasteiger partial charge is 0.507 e. The lowest BCUT2D eigenvalue weighted by atomic mass is 9.93. The summed E-state index contributed by atoms with van der Waals surface area (Å²) in [5, 5.41) is 75.6. The molecule has 2 aromatic heterocycles. The number of ether oxygens (including phenoxy) is 2. The van der Waals surface area contributed by atoms with E-state index in [9.17, 15) is 40.2 Å². The summed E-state index contributed by atoms with van der Waals surface area (Å²) in [6, 6.07) is 4.82. The number of phenols is 6. The minimum absolute atomic E-state index is 0.0536. The summed E-state index contributed by atoms with van der Waals surface area (Å²) in [7, 11) is 2.33. The van der Waals surface area contributed by atoms with Gasteiger partial charge in [0.25, 0.3) is 0 Å². The molecule has 0 aliphatic heterocycles. The van der Waals surface area contributed by atoms with Gasteiger partial charge < -0.3 is 50.7 Å². The lowest BCUT2D eigenvalue weighted by Crippen LogP contribution is -2.22. The summed E-state index contributed by atoms with van der Waals surface area (Å²) in [4.78, 5) is 43.5. The molecule has 16 nitrogen and oxygen atoms in total. The zero-order chi connectivity index (χ0) is 37.8. The molecule has 0 spiro atoms. The van der Waals surface area contributed by atoms with Crippen molar-refractivity contribution in [2.24, 2.45) is 0 Å². The molecular formula is C36H36N6O10. The molecule has 0 saturated carbocycles. The number of aromatic nitrogens is 4. The Balaban J connectivity index is 1.79. The average molecular weight is 713 g/mol. The zero-order valence-electron chi connectivity index (χ0n) is 29.0. The van der Waals surface area contributed by atoms with Gasteiger partial charge in [-0.05, 0) is 24.3 Å². The van der Waals surface area contributed by atoms with Crippen LogP contribution < -0.4 is 10.6 Å². The number of carbonyl (C=O) groups is 2. The number of phenolic OH excluding ortho intramolecular Hbond substituents is 6. The Kier molecular flexibility index (Phi) is 9.21. The van der Waals surface area contributed by atoms with Crippen molar-refractivity contribution in [3.63, 3.8) is 0 Å². The van der Waals surface area contributed by atoms with Gasteiger partial charge in [0.15, 0.2) is 11.5 Å². The molecule has 0 radical (unpaired) electrons. The highest BCUT2D eigenvalue weighted by atomic mass is 16.5. The van der Waals surface area contributed by atoms with Crippen LogP contribution in [0.5, 0.6) is 34.5 Å². The van der Waals surface area contributed by atoms with E-state index in [1.807, 2.05) is 27.7 Å². The van der Waals surface area contributed by atoms with Crippen molar-refractivity contribution in [2.45, 2.75) is 52.9 Å². The first-order chi connectivity index (χ1) is 24.7. The molecule has 2 heterocycles. The van der Waals surface area contributed by atoms with Crippen LogP contribution in [0.1, 0.15) is 59.5 Å². The average Bonchev–Trinajstić information content (AvgIpc) is 3.11. The Hall–Kier alpha value is -6.26. The van der Waals surface area contributed by atoms with Gasteiger partial charge in [-0.3, -0.25) is 0 Å². The third-order valence-electron chi connectivity index (χ3n) is 8.58. The van der Waals surface area contributed by atoms with E-state index in [-0.39, 0.29) is 103 Å². The number of methoxy groups -OCH3 is 2. The SMILES string of the molecule is COC(=O)c1ccc(O)c2nc3c(CNC(C)C)c(O)c(-c4c(O)c(CNC(C)C)c5nc6c(O)ccc(C(=O)OC)c6nc5c4O)c(O)c3nc12. The highest BCUT2D eigenvalue weighted by Crippen LogP contribution is 2.54. The van der Waals surface area contributed by atoms with E-state index in [1.165, 1.54) is 24.3 Å². The van der Waals surface area contributed by atoms with Gasteiger partial charge in [-0.2, -0.15) is 0 Å². The number of hydrogen-bond donors (Lipinski definition) is 8. The smallest absolute Gasteiger partial charge is 0.340 e. The van der Waals surface area contributed by atoms with Crippen LogP contribution in [0.15, 0.2) is 24.3 Å². The number of nitrogens with one attached hydrogen (secondary N) is 2. The van der Waals surface area contributed by atoms with E-state index < -0.39 is 46.1 Å². The third-order valence-corrected chi connectivity index (χ3v) is 8.58. The fourth-order valence-electron chi connectivity index (χ4n) is 5.95. The Morgan fingerprint density at radius 3 is 1.21 bits per heavy atom. The number of benzene rings is 4. The topological polar surface area (TPSA) is 250 Å². The number of carbonyl (C=O) groups excluding carboxylic acids is 2. The van der Waals surface area contributed by atoms with Gasteiger partial charge in [-0.15, -0.1) is 0 Å². The molecule has 8 N–H and O–H groups in total. The van der Waals surface area contributed by atoms with Gasteiger partial charge in [0.2, 0.25) is 0 Å². The maximum Gasteiger partial charge on any atom is 0.340 e. The van der Waals surface area contributed by atoms with E-state index >= 15 is 0 Å². The van der Waals surface area contributed by atoms with Gasteiger partial charge in [-0.1, -0.05) is 27.7 Å². The summed E-state index contributed by atoms with van der Waals surface area (Å²) >= 11 is 0. The van der Waals surface area contributed by atoms with Crippen molar-refractivity contribution in [1.29, 1.82) is 0 Å². The summed E-state index contributed by atoms with van der Waals surface area (Å²) < 4.78 is 9.78. The van der Waals surface area contributed by atoms with Crippen LogP contribution in [-0.4, -0.2) is 88.8 Å². The number of hydrogen-bond acceptors (Lipinski definition) is 16. The number of rotatable bonds is 9. The summed E-state index contributed by atoms with van der Waals surface area (Å²) in [6.45, 7) is 7.30. The maximum atomic E-state index is 12.7. The third kappa shape index (κ3) is 5.76. The zero-order valence-corrected chi connectivity index (χ0v) is 29.0. The van der Waals surface area contributed by atoms with E-state index in [0.717, 1.165) is 14.2 Å². The molecule has 0 fully saturated rings. The van der Waals surface area contributed by atoms with Gasteiger partial charge in [0, 0.05) is 36.3 Å². The molecule has 0 saturated heterocycles. The van der Waals surface area contributed by atoms with Crippen LogP contribution in [0.3, 0.4) is 0 Å². The van der Waals surface area contributed by atoms with Crippen molar-refractivity contribution in [1.82, 2.24) is 30.6 Å². The van der Waals surface area contributed by atoms with Crippen LogP contribution in [0, 0.1) is 0 Å². The number of aromatic hydroxyl groups is 6. The standard InChI is InChI=1S/C36H36N6O10/c1-13(2)37-11-17-25-29(41-23-15(35(49)51-5)7-9-19(43)27(23)39-25)33(47)21(31(17)45)22-32(46)18(12-38-14(3)4)26-30(34(22)48)42-24-16(36(50)52-6)8-10-20(44)28(24)40-26/h7-10,13-14,37-38,43-48H,11-12H2,1-6H3. The summed E-state index contributed by atoms with van der Waals surface area (Å²) in [5.74, 6) is -4.97. The van der Waals surface area contributed by atoms with Crippen LogP contribution >= 0.6 is 0 Å². The highest BCUT2D eigenvalue weighted by Gasteiger charge is 2.32. The second-order valence-corrected chi connectivity index (χ2v) is 12.7. The van der Waals surface area contributed by atoms with Gasteiger partial charge in [-0.25, -0.2) is 29.5 Å². The first-order valence-corrected chi connectivity index (χ1v) is 16.1. The molecule has 6 aromatic rings. The lowest BCUT2D eigenvalue weighted by Gasteiger charge is -2.21. The normalized spacial score (nSPS) is 11.8. The van der Waals surface area contributed by atoms with Gasteiger partial charge >= 0.3 is 11.9 Å². The van der Waals surface area contributed by atoms with Gasteiger partial charge in [0.05, 0.1) is 36.5 Å². The van der Waals surface area contributed by atoms with Crippen molar-refractivity contribution in [3.05, 3.63) is 46.5 Å². The molecular weight excluding hydrogens is 676 g/mol. The molecule has 0 amide bonds. The summed E-state index contributed by atoms with van der Waals surface area (Å²) in [6.07, 6.45) is 0. The molecule has 4 aromatic carbocycles. The Bertz CT molecular complexity index is 2300. The van der Waals surface area contributed by atoms with Crippen molar-refractivity contribution >= 4 is 56.1 Å².